The van der Waals surface area contributed by atoms with Gasteiger partial charge in [0.1, 0.15) is 0 Å². The number of hydrogen-bond donors (Lipinski definition) is 2. The number of benzene rings is 1. The van der Waals surface area contributed by atoms with E-state index in [0.717, 1.165) is 5.56 Å². The molecule has 17 heavy (non-hydrogen) atoms. The van der Waals surface area contributed by atoms with Crippen LogP contribution in [0, 0.1) is 0 Å². The smallest absolute Gasteiger partial charge is 0.240 e. The summed E-state index contributed by atoms with van der Waals surface area (Å²) < 4.78 is 10.7. The molecule has 1 saturated heterocycles. The minimum atomic E-state index is -0.517. The molecule has 1 aliphatic rings. The maximum atomic E-state index is 11.4. The van der Waals surface area contributed by atoms with Gasteiger partial charge in [-0.25, -0.2) is 0 Å². The molecule has 1 fully saturated rings. The standard InChI is InChI=1S/C12H16N2O3/c1-8(13)11(15)14-10-4-2-9(3-5-10)12-16-6-7-17-12/h2-5,8,12H,6-7,13H2,1H3,(H,14,15)/t8-/m1/s1. The van der Waals surface area contributed by atoms with Crippen LogP contribution in [-0.4, -0.2) is 25.2 Å². The van der Waals surface area contributed by atoms with E-state index in [-0.39, 0.29) is 12.2 Å². The number of amides is 1. The highest BCUT2D eigenvalue weighted by Crippen LogP contribution is 2.24. The summed E-state index contributed by atoms with van der Waals surface area (Å²) in [5.41, 5.74) is 7.12. The van der Waals surface area contributed by atoms with Crippen molar-refractivity contribution in [2.45, 2.75) is 19.3 Å². The van der Waals surface area contributed by atoms with Gasteiger partial charge in [-0.2, -0.15) is 0 Å². The topological polar surface area (TPSA) is 73.6 Å². The molecule has 92 valence electrons. The van der Waals surface area contributed by atoms with Crippen LogP contribution in [-0.2, 0) is 14.3 Å². The van der Waals surface area contributed by atoms with Gasteiger partial charge >= 0.3 is 0 Å². The van der Waals surface area contributed by atoms with E-state index in [9.17, 15) is 4.79 Å². The maximum absolute atomic E-state index is 11.4. The minimum absolute atomic E-state index is 0.203. The third kappa shape index (κ3) is 3.03. The van der Waals surface area contributed by atoms with Crippen LogP contribution in [0.15, 0.2) is 24.3 Å². The molecule has 1 atom stereocenters. The van der Waals surface area contributed by atoms with Crippen molar-refractivity contribution >= 4 is 11.6 Å². The van der Waals surface area contributed by atoms with Gasteiger partial charge in [-0.15, -0.1) is 0 Å². The first-order valence-electron chi connectivity index (χ1n) is 5.56. The second-order valence-electron chi connectivity index (χ2n) is 3.97. The lowest BCUT2D eigenvalue weighted by atomic mass is 10.2. The quantitative estimate of drug-likeness (QED) is 0.821. The van der Waals surface area contributed by atoms with Gasteiger partial charge in [-0.3, -0.25) is 4.79 Å². The summed E-state index contributed by atoms with van der Waals surface area (Å²) in [6.07, 6.45) is -0.284. The summed E-state index contributed by atoms with van der Waals surface area (Å²) in [5.74, 6) is -0.203. The van der Waals surface area contributed by atoms with Crippen LogP contribution in [0.2, 0.25) is 0 Å². The van der Waals surface area contributed by atoms with Crippen LogP contribution in [0.5, 0.6) is 0 Å². The van der Waals surface area contributed by atoms with Crippen LogP contribution in [0.3, 0.4) is 0 Å². The Balaban J connectivity index is 2.00. The van der Waals surface area contributed by atoms with Crippen molar-refractivity contribution in [3.8, 4) is 0 Å². The number of ether oxygens (including phenoxy) is 2. The molecular formula is C12H16N2O3. The van der Waals surface area contributed by atoms with E-state index < -0.39 is 6.04 Å². The molecule has 3 N–H and O–H groups in total. The van der Waals surface area contributed by atoms with Gasteiger partial charge in [0.2, 0.25) is 5.91 Å². The normalized spacial score (nSPS) is 18.0. The maximum Gasteiger partial charge on any atom is 0.240 e. The van der Waals surface area contributed by atoms with Gasteiger partial charge in [0.15, 0.2) is 6.29 Å². The van der Waals surface area contributed by atoms with Crippen LogP contribution < -0.4 is 11.1 Å². The van der Waals surface area contributed by atoms with Crippen LogP contribution >= 0.6 is 0 Å². The van der Waals surface area contributed by atoms with Crippen molar-refractivity contribution in [2.75, 3.05) is 18.5 Å². The Hall–Kier alpha value is -1.43. The SMILES string of the molecule is C[C@@H](N)C(=O)Nc1ccc(C2OCCO2)cc1. The van der Waals surface area contributed by atoms with Crippen LogP contribution in [0.1, 0.15) is 18.8 Å². The molecule has 1 heterocycles. The lowest BCUT2D eigenvalue weighted by Gasteiger charge is -2.11. The number of hydrogen-bond acceptors (Lipinski definition) is 4. The van der Waals surface area contributed by atoms with E-state index in [1.807, 2.05) is 12.1 Å². The zero-order valence-electron chi connectivity index (χ0n) is 9.68. The van der Waals surface area contributed by atoms with E-state index >= 15 is 0 Å². The van der Waals surface area contributed by atoms with Gasteiger partial charge in [0, 0.05) is 11.3 Å². The summed E-state index contributed by atoms with van der Waals surface area (Å²) in [5, 5.41) is 2.71. The predicted molar refractivity (Wildman–Crippen MR) is 63.4 cm³/mol. The van der Waals surface area contributed by atoms with E-state index in [1.165, 1.54) is 0 Å². The predicted octanol–water partition coefficient (Wildman–Crippen LogP) is 1.02. The second-order valence-corrected chi connectivity index (χ2v) is 3.97. The van der Waals surface area contributed by atoms with Gasteiger partial charge in [0.25, 0.3) is 0 Å². The molecule has 0 unspecified atom stereocenters. The van der Waals surface area contributed by atoms with Crippen molar-refractivity contribution in [1.82, 2.24) is 0 Å². The minimum Gasteiger partial charge on any atom is -0.346 e. The summed E-state index contributed by atoms with van der Waals surface area (Å²) >= 11 is 0. The number of carbonyl (C=O) groups is 1. The molecule has 0 bridgehead atoms. The summed E-state index contributed by atoms with van der Waals surface area (Å²) in [6, 6.07) is 6.83. The van der Waals surface area contributed by atoms with Gasteiger partial charge < -0.3 is 20.5 Å². The van der Waals surface area contributed by atoms with Crippen LogP contribution in [0.4, 0.5) is 5.69 Å². The monoisotopic (exact) mass is 236 g/mol. The Morgan fingerprint density at radius 2 is 1.94 bits per heavy atom. The highest BCUT2D eigenvalue weighted by molar-refractivity contribution is 5.94. The Morgan fingerprint density at radius 1 is 1.35 bits per heavy atom. The molecular weight excluding hydrogens is 220 g/mol. The average Bonchev–Trinajstić information content (AvgIpc) is 2.83. The van der Waals surface area contributed by atoms with Gasteiger partial charge in [-0.05, 0) is 19.1 Å². The molecule has 0 radical (unpaired) electrons. The van der Waals surface area contributed by atoms with Crippen LogP contribution in [0.25, 0.3) is 0 Å². The lowest BCUT2D eigenvalue weighted by molar-refractivity contribution is -0.117. The van der Waals surface area contributed by atoms with E-state index in [1.54, 1.807) is 19.1 Å². The van der Waals surface area contributed by atoms with Crippen molar-refractivity contribution in [2.24, 2.45) is 5.73 Å². The lowest BCUT2D eigenvalue weighted by Crippen LogP contribution is -2.32. The fraction of sp³-hybridized carbons (Fsp3) is 0.417. The Kier molecular flexibility index (Phi) is 3.73. The zero-order valence-corrected chi connectivity index (χ0v) is 9.68. The number of nitrogens with two attached hydrogens (primary N) is 1. The second kappa shape index (κ2) is 5.27. The summed E-state index contributed by atoms with van der Waals surface area (Å²) in [4.78, 5) is 11.4. The zero-order chi connectivity index (χ0) is 12.3. The van der Waals surface area contributed by atoms with E-state index in [4.69, 9.17) is 15.2 Å². The molecule has 1 amide bonds. The molecule has 5 heteroatoms. The van der Waals surface area contributed by atoms with Crippen molar-refractivity contribution < 1.29 is 14.3 Å². The molecule has 1 aliphatic heterocycles. The van der Waals surface area contributed by atoms with Crippen molar-refractivity contribution in [3.05, 3.63) is 29.8 Å². The number of anilines is 1. The number of carbonyl (C=O) groups excluding carboxylic acids is 1. The highest BCUT2D eigenvalue weighted by atomic mass is 16.7. The largest absolute Gasteiger partial charge is 0.346 e. The van der Waals surface area contributed by atoms with E-state index in [0.29, 0.717) is 18.9 Å². The number of nitrogens with one attached hydrogen (secondary N) is 1. The Morgan fingerprint density at radius 3 is 2.47 bits per heavy atom. The summed E-state index contributed by atoms with van der Waals surface area (Å²) in [6.45, 7) is 2.88. The molecule has 0 aliphatic carbocycles. The fourth-order valence-corrected chi connectivity index (χ4v) is 1.53. The first-order chi connectivity index (χ1) is 8.16. The Labute approximate surface area is 99.9 Å². The summed E-state index contributed by atoms with van der Waals surface area (Å²) in [7, 11) is 0. The van der Waals surface area contributed by atoms with Gasteiger partial charge in [0.05, 0.1) is 19.3 Å². The molecule has 0 saturated carbocycles. The van der Waals surface area contributed by atoms with Gasteiger partial charge in [-0.1, -0.05) is 12.1 Å². The first kappa shape index (κ1) is 12.0. The average molecular weight is 236 g/mol. The molecule has 0 spiro atoms. The van der Waals surface area contributed by atoms with Crippen molar-refractivity contribution in [1.29, 1.82) is 0 Å². The van der Waals surface area contributed by atoms with Crippen molar-refractivity contribution in [3.63, 3.8) is 0 Å². The third-order valence-corrected chi connectivity index (χ3v) is 2.49. The molecule has 5 nitrogen and oxygen atoms in total. The molecule has 1 aromatic carbocycles. The molecule has 1 aromatic rings. The fourth-order valence-electron chi connectivity index (χ4n) is 1.53. The Bertz CT molecular complexity index is 383. The third-order valence-electron chi connectivity index (χ3n) is 2.49. The molecule has 2 rings (SSSR count). The molecule has 0 aromatic heterocycles. The first-order valence-corrected chi connectivity index (χ1v) is 5.56. The number of rotatable bonds is 3. The highest BCUT2D eigenvalue weighted by Gasteiger charge is 2.17. The van der Waals surface area contributed by atoms with E-state index in [2.05, 4.69) is 5.32 Å².